The molecule has 4 amide bonds. The monoisotopic (exact) mass is 695 g/mol. The second-order valence-corrected chi connectivity index (χ2v) is 15.2. The molecule has 0 aliphatic carbocycles. The average Bonchev–Trinajstić information content (AvgIpc) is 3.40. The summed E-state index contributed by atoms with van der Waals surface area (Å²) in [4.78, 5) is 60.4. The van der Waals surface area contributed by atoms with E-state index in [1.54, 1.807) is 48.0 Å². The Labute approximate surface area is 297 Å². The summed E-state index contributed by atoms with van der Waals surface area (Å²) in [5, 5.41) is 3.97. The van der Waals surface area contributed by atoms with Crippen molar-refractivity contribution in [3.8, 4) is 5.75 Å². The van der Waals surface area contributed by atoms with Gasteiger partial charge < -0.3 is 33.6 Å². The molecule has 1 atom stereocenters. The summed E-state index contributed by atoms with van der Waals surface area (Å²) in [7, 11) is 5.25. The van der Waals surface area contributed by atoms with Crippen LogP contribution in [0.15, 0.2) is 28.8 Å². The van der Waals surface area contributed by atoms with Crippen LogP contribution in [0.1, 0.15) is 99.5 Å². The molecule has 1 spiro atoms. The molecule has 4 rings (SSSR count). The van der Waals surface area contributed by atoms with Gasteiger partial charge in [-0.05, 0) is 91.7 Å². The fourth-order valence-corrected chi connectivity index (χ4v) is 6.91. The summed E-state index contributed by atoms with van der Waals surface area (Å²) in [6, 6.07) is 6.51. The van der Waals surface area contributed by atoms with Crippen molar-refractivity contribution in [2.24, 2.45) is 5.41 Å². The van der Waals surface area contributed by atoms with Crippen molar-refractivity contribution < 1.29 is 33.2 Å². The van der Waals surface area contributed by atoms with Crippen LogP contribution in [0.3, 0.4) is 0 Å². The lowest BCUT2D eigenvalue weighted by Crippen LogP contribution is -2.49. The lowest BCUT2D eigenvalue weighted by atomic mass is 9.75. The number of amides is 4. The molecule has 1 aromatic heterocycles. The van der Waals surface area contributed by atoms with Gasteiger partial charge in [0.1, 0.15) is 23.2 Å². The summed E-state index contributed by atoms with van der Waals surface area (Å²) >= 11 is 0. The van der Waals surface area contributed by atoms with E-state index in [4.69, 9.17) is 14.0 Å². The first-order valence-electron chi connectivity index (χ1n) is 18.0. The van der Waals surface area contributed by atoms with Gasteiger partial charge in [0, 0.05) is 64.7 Å². The number of likely N-dealkylation sites (tertiary alicyclic amines) is 1. The summed E-state index contributed by atoms with van der Waals surface area (Å²) < 4.78 is 17.3. The highest BCUT2D eigenvalue weighted by Crippen LogP contribution is 2.38. The number of fused-ring (bicyclic) bond motifs is 1. The highest BCUT2D eigenvalue weighted by Gasteiger charge is 2.39. The Morgan fingerprint density at radius 1 is 1.04 bits per heavy atom. The molecule has 1 saturated heterocycles. The largest absolute Gasteiger partial charge is 0.492 e. The molecule has 12 nitrogen and oxygen atoms in total. The molecular weight excluding hydrogens is 638 g/mol. The first-order chi connectivity index (χ1) is 23.6. The minimum absolute atomic E-state index is 0.00300. The lowest BCUT2D eigenvalue weighted by molar-refractivity contribution is -0.134. The highest BCUT2D eigenvalue weighted by atomic mass is 16.6. The zero-order chi connectivity index (χ0) is 36.6. The van der Waals surface area contributed by atoms with E-state index < -0.39 is 11.6 Å². The van der Waals surface area contributed by atoms with Crippen LogP contribution in [-0.2, 0) is 20.7 Å². The number of nitrogens with zero attached hydrogens (tertiary/aromatic N) is 5. The molecule has 276 valence electrons. The zero-order valence-electron chi connectivity index (χ0n) is 31.4. The maximum absolute atomic E-state index is 14.1. The molecule has 2 aliphatic heterocycles. The van der Waals surface area contributed by atoms with E-state index >= 15 is 0 Å². The quantitative estimate of drug-likeness (QED) is 0.365. The SMILES string of the molecule is Cc1noc(C)c1CCC(=O)N(C)CCC[C@H]1C(=O)N(C)CCCCC2(CCN(C(=O)OC(C)(C)C)CC2)COc2ccccc2C(=O)N1C. The minimum Gasteiger partial charge on any atom is -0.492 e. The third kappa shape index (κ3) is 10.0. The fraction of sp³-hybridized carbons (Fsp3) is 0.658. The number of likely N-dealkylation sites (N-methyl/N-ethyl adjacent to an activating group) is 2. The Balaban J connectivity index is 1.44. The number of carbonyl (C=O) groups excluding carboxylic acids is 4. The number of hydrogen-bond acceptors (Lipinski definition) is 8. The highest BCUT2D eigenvalue weighted by molar-refractivity contribution is 5.99. The van der Waals surface area contributed by atoms with Gasteiger partial charge in [0.15, 0.2) is 0 Å². The Morgan fingerprint density at radius 3 is 2.40 bits per heavy atom. The maximum Gasteiger partial charge on any atom is 0.410 e. The molecule has 3 heterocycles. The molecule has 0 N–H and O–H groups in total. The molecule has 1 aromatic carbocycles. The van der Waals surface area contributed by atoms with Gasteiger partial charge in [-0.25, -0.2) is 4.79 Å². The van der Waals surface area contributed by atoms with E-state index in [1.165, 1.54) is 4.90 Å². The van der Waals surface area contributed by atoms with E-state index in [9.17, 15) is 19.2 Å². The van der Waals surface area contributed by atoms with Crippen molar-refractivity contribution in [3.63, 3.8) is 0 Å². The normalized spacial score (nSPS) is 19.1. The van der Waals surface area contributed by atoms with Crippen molar-refractivity contribution >= 4 is 23.8 Å². The third-order valence-corrected chi connectivity index (χ3v) is 10.2. The van der Waals surface area contributed by atoms with E-state index in [0.717, 1.165) is 49.1 Å². The Kier molecular flexibility index (Phi) is 13.0. The van der Waals surface area contributed by atoms with Gasteiger partial charge in [-0.1, -0.05) is 23.7 Å². The summed E-state index contributed by atoms with van der Waals surface area (Å²) in [5.74, 6) is 0.808. The first kappa shape index (κ1) is 38.7. The molecule has 1 fully saturated rings. The number of carbonyl (C=O) groups is 4. The molecule has 50 heavy (non-hydrogen) atoms. The van der Waals surface area contributed by atoms with Gasteiger partial charge in [-0.15, -0.1) is 0 Å². The standard InChI is InChI=1S/C38H57N5O7/c1-27-29(28(2)50-39-27)17-18-33(44)40(6)23-13-15-31-35(46)41(7)22-12-11-19-38(20-24-43(25-21-38)36(47)49-37(3,4)5)26-48-32-16-10-9-14-30(32)34(45)42(31)8/h9-10,14,16,31H,11-13,15,17-26H2,1-8H3/t31-/m0/s1. The van der Waals surface area contributed by atoms with Crippen LogP contribution >= 0.6 is 0 Å². The van der Waals surface area contributed by atoms with Crippen LogP contribution in [0.4, 0.5) is 4.79 Å². The maximum atomic E-state index is 14.1. The molecule has 0 bridgehead atoms. The van der Waals surface area contributed by atoms with Gasteiger partial charge in [-0.2, -0.15) is 0 Å². The van der Waals surface area contributed by atoms with Crippen molar-refractivity contribution in [1.29, 1.82) is 0 Å². The molecule has 2 aromatic rings. The van der Waals surface area contributed by atoms with E-state index in [-0.39, 0.29) is 29.2 Å². The number of hydrogen-bond donors (Lipinski definition) is 0. The smallest absolute Gasteiger partial charge is 0.410 e. The fourth-order valence-electron chi connectivity index (χ4n) is 6.91. The van der Waals surface area contributed by atoms with Crippen LogP contribution in [0.5, 0.6) is 5.75 Å². The van der Waals surface area contributed by atoms with Crippen LogP contribution in [0, 0.1) is 19.3 Å². The van der Waals surface area contributed by atoms with Crippen molar-refractivity contribution in [1.82, 2.24) is 24.8 Å². The second kappa shape index (κ2) is 16.7. The van der Waals surface area contributed by atoms with Crippen molar-refractivity contribution in [3.05, 3.63) is 46.8 Å². The Morgan fingerprint density at radius 2 is 1.74 bits per heavy atom. The summed E-state index contributed by atoms with van der Waals surface area (Å²) in [5.41, 5.74) is 1.43. The van der Waals surface area contributed by atoms with Crippen LogP contribution in [0.25, 0.3) is 0 Å². The predicted molar refractivity (Wildman–Crippen MR) is 190 cm³/mol. The summed E-state index contributed by atoms with van der Waals surface area (Å²) in [6.07, 6.45) is 5.67. The molecule has 0 radical (unpaired) electrons. The topological polar surface area (TPSA) is 126 Å². The molecule has 0 saturated carbocycles. The van der Waals surface area contributed by atoms with E-state index in [1.807, 2.05) is 46.8 Å². The molecule has 0 unspecified atom stereocenters. The van der Waals surface area contributed by atoms with Gasteiger partial charge in [0.2, 0.25) is 11.8 Å². The molecule has 12 heteroatoms. The Hall–Kier alpha value is -4.09. The average molecular weight is 696 g/mol. The van der Waals surface area contributed by atoms with Gasteiger partial charge in [-0.3, -0.25) is 14.4 Å². The number of para-hydroxylation sites is 1. The number of ether oxygens (including phenoxy) is 2. The van der Waals surface area contributed by atoms with E-state index in [2.05, 4.69) is 5.16 Å². The third-order valence-electron chi connectivity index (χ3n) is 10.2. The first-order valence-corrected chi connectivity index (χ1v) is 18.0. The van der Waals surface area contributed by atoms with Crippen molar-refractivity contribution in [2.75, 3.05) is 53.9 Å². The van der Waals surface area contributed by atoms with Gasteiger partial charge in [0.05, 0.1) is 17.9 Å². The van der Waals surface area contributed by atoms with Crippen molar-refractivity contribution in [2.45, 2.75) is 104 Å². The Bertz CT molecular complexity index is 1470. The molecule has 2 aliphatic rings. The number of aryl methyl sites for hydroxylation is 2. The molecular formula is C38H57N5O7. The van der Waals surface area contributed by atoms with Crippen LogP contribution in [0.2, 0.25) is 0 Å². The number of piperidine rings is 1. The number of benzene rings is 1. The minimum atomic E-state index is -0.696. The van der Waals surface area contributed by atoms with Gasteiger partial charge >= 0.3 is 6.09 Å². The summed E-state index contributed by atoms with van der Waals surface area (Å²) in [6.45, 7) is 11.9. The number of rotatable bonds is 7. The zero-order valence-corrected chi connectivity index (χ0v) is 31.4. The van der Waals surface area contributed by atoms with Crippen LogP contribution in [-0.4, -0.2) is 114 Å². The lowest BCUT2D eigenvalue weighted by Gasteiger charge is -2.42. The second-order valence-electron chi connectivity index (χ2n) is 15.2. The van der Waals surface area contributed by atoms with E-state index in [0.29, 0.717) is 69.8 Å². The number of aromatic nitrogens is 1. The van der Waals surface area contributed by atoms with Crippen LogP contribution < -0.4 is 4.74 Å². The van der Waals surface area contributed by atoms with Gasteiger partial charge in [0.25, 0.3) is 5.91 Å². The predicted octanol–water partition coefficient (Wildman–Crippen LogP) is 5.64.